The van der Waals surface area contributed by atoms with Gasteiger partial charge >= 0.3 is 0 Å². The predicted molar refractivity (Wildman–Crippen MR) is 104 cm³/mol. The standard InChI is InChI=1S/C18H20ClN3O3S/c1-2-22(16-8-9-26(24,25)12-16)17-7-6-13(11-20-17)18(23)21-15-5-3-4-14(19)10-15/h3-7,10-11,16H,2,8-9,12H2,1H3,(H,21,23). The molecular formula is C18H20ClN3O3S. The van der Waals surface area contributed by atoms with E-state index in [0.29, 0.717) is 35.1 Å². The van der Waals surface area contributed by atoms with Crippen molar-refractivity contribution < 1.29 is 13.2 Å². The fraction of sp³-hybridized carbons (Fsp3) is 0.333. The summed E-state index contributed by atoms with van der Waals surface area (Å²) in [6, 6.07) is 10.3. The molecule has 1 atom stereocenters. The number of rotatable bonds is 5. The smallest absolute Gasteiger partial charge is 0.257 e. The summed E-state index contributed by atoms with van der Waals surface area (Å²) in [5, 5.41) is 3.31. The van der Waals surface area contributed by atoms with Crippen molar-refractivity contribution in [1.29, 1.82) is 0 Å². The van der Waals surface area contributed by atoms with Gasteiger partial charge < -0.3 is 10.2 Å². The van der Waals surface area contributed by atoms with Crippen LogP contribution in [0.4, 0.5) is 11.5 Å². The summed E-state index contributed by atoms with van der Waals surface area (Å²) in [5.74, 6) is 0.764. The number of hydrogen-bond acceptors (Lipinski definition) is 5. The van der Waals surface area contributed by atoms with Crippen LogP contribution in [0.3, 0.4) is 0 Å². The maximum absolute atomic E-state index is 12.3. The van der Waals surface area contributed by atoms with Crippen LogP contribution in [0.25, 0.3) is 0 Å². The number of pyridine rings is 1. The van der Waals surface area contributed by atoms with E-state index in [1.807, 2.05) is 11.8 Å². The van der Waals surface area contributed by atoms with Gasteiger partial charge in [-0.25, -0.2) is 13.4 Å². The zero-order valence-corrected chi connectivity index (χ0v) is 15.9. The van der Waals surface area contributed by atoms with E-state index in [1.165, 1.54) is 6.20 Å². The maximum Gasteiger partial charge on any atom is 0.257 e. The van der Waals surface area contributed by atoms with Crippen molar-refractivity contribution in [3.8, 4) is 0 Å². The van der Waals surface area contributed by atoms with E-state index in [4.69, 9.17) is 11.6 Å². The highest BCUT2D eigenvalue weighted by Crippen LogP contribution is 2.23. The van der Waals surface area contributed by atoms with Crippen molar-refractivity contribution in [3.63, 3.8) is 0 Å². The van der Waals surface area contributed by atoms with Crippen LogP contribution in [0.15, 0.2) is 42.6 Å². The number of anilines is 2. The summed E-state index contributed by atoms with van der Waals surface area (Å²) in [5.41, 5.74) is 1.03. The number of sulfone groups is 1. The summed E-state index contributed by atoms with van der Waals surface area (Å²) in [7, 11) is -2.96. The molecule has 1 aliphatic heterocycles. The molecule has 8 heteroatoms. The molecule has 1 saturated heterocycles. The largest absolute Gasteiger partial charge is 0.353 e. The zero-order chi connectivity index (χ0) is 18.7. The number of carbonyl (C=O) groups excluding carboxylic acids is 1. The van der Waals surface area contributed by atoms with Crippen LogP contribution in [0.1, 0.15) is 23.7 Å². The van der Waals surface area contributed by atoms with Crippen molar-refractivity contribution in [2.24, 2.45) is 0 Å². The number of nitrogens with one attached hydrogen (secondary N) is 1. The first-order valence-electron chi connectivity index (χ1n) is 8.38. The average Bonchev–Trinajstić information content (AvgIpc) is 2.96. The van der Waals surface area contributed by atoms with E-state index in [9.17, 15) is 13.2 Å². The fourth-order valence-corrected chi connectivity index (χ4v) is 5.01. The molecule has 1 fully saturated rings. The molecule has 1 N–H and O–H groups in total. The van der Waals surface area contributed by atoms with E-state index in [0.717, 1.165) is 0 Å². The number of carbonyl (C=O) groups is 1. The zero-order valence-electron chi connectivity index (χ0n) is 14.4. The summed E-state index contributed by atoms with van der Waals surface area (Å²) in [4.78, 5) is 18.7. The summed E-state index contributed by atoms with van der Waals surface area (Å²) in [6.45, 7) is 2.62. The topological polar surface area (TPSA) is 79.4 Å². The van der Waals surface area contributed by atoms with Crippen LogP contribution in [0.2, 0.25) is 5.02 Å². The van der Waals surface area contributed by atoms with Gasteiger partial charge in [0.2, 0.25) is 0 Å². The Morgan fingerprint density at radius 2 is 2.15 bits per heavy atom. The Morgan fingerprint density at radius 1 is 1.35 bits per heavy atom. The minimum absolute atomic E-state index is 0.0661. The van der Waals surface area contributed by atoms with Gasteiger partial charge in [0.15, 0.2) is 9.84 Å². The molecule has 26 heavy (non-hydrogen) atoms. The van der Waals surface area contributed by atoms with Crippen molar-refractivity contribution in [3.05, 3.63) is 53.2 Å². The number of benzene rings is 1. The lowest BCUT2D eigenvalue weighted by Gasteiger charge is -2.27. The maximum atomic E-state index is 12.3. The van der Waals surface area contributed by atoms with Crippen LogP contribution >= 0.6 is 11.6 Å². The molecule has 3 rings (SSSR count). The molecule has 1 amide bonds. The molecule has 1 aromatic heterocycles. The Bertz CT molecular complexity index is 900. The third-order valence-electron chi connectivity index (χ3n) is 4.38. The SMILES string of the molecule is CCN(c1ccc(C(=O)Nc2cccc(Cl)c2)cn1)C1CCS(=O)(=O)C1. The number of aromatic nitrogens is 1. The predicted octanol–water partition coefficient (Wildman–Crippen LogP) is 3.00. The second-order valence-corrected chi connectivity index (χ2v) is 8.88. The number of halogens is 1. The van der Waals surface area contributed by atoms with Crippen molar-refractivity contribution in [2.45, 2.75) is 19.4 Å². The Kier molecular flexibility index (Phi) is 5.48. The quantitative estimate of drug-likeness (QED) is 0.844. The molecule has 0 aliphatic carbocycles. The third-order valence-corrected chi connectivity index (χ3v) is 6.36. The lowest BCUT2D eigenvalue weighted by molar-refractivity contribution is 0.102. The van der Waals surface area contributed by atoms with Gasteiger partial charge in [-0.05, 0) is 43.7 Å². The number of nitrogens with zero attached hydrogens (tertiary/aromatic N) is 2. The summed E-state index contributed by atoms with van der Waals surface area (Å²) in [6.07, 6.45) is 2.11. The highest BCUT2D eigenvalue weighted by Gasteiger charge is 2.32. The van der Waals surface area contributed by atoms with E-state index in [1.54, 1.807) is 36.4 Å². The van der Waals surface area contributed by atoms with Crippen molar-refractivity contribution in [2.75, 3.05) is 28.3 Å². The van der Waals surface area contributed by atoms with Crippen LogP contribution in [0, 0.1) is 0 Å². The van der Waals surface area contributed by atoms with E-state index in [-0.39, 0.29) is 23.5 Å². The molecule has 1 aliphatic rings. The van der Waals surface area contributed by atoms with Gasteiger partial charge in [0.25, 0.3) is 5.91 Å². The lowest BCUT2D eigenvalue weighted by atomic mass is 10.2. The summed E-state index contributed by atoms with van der Waals surface area (Å²) < 4.78 is 23.4. The number of amides is 1. The van der Waals surface area contributed by atoms with Gasteiger partial charge in [-0.2, -0.15) is 0 Å². The normalized spacial score (nSPS) is 18.5. The molecular weight excluding hydrogens is 374 g/mol. The molecule has 1 unspecified atom stereocenters. The van der Waals surface area contributed by atoms with Gasteiger partial charge in [0, 0.05) is 29.5 Å². The fourth-order valence-electron chi connectivity index (χ4n) is 3.09. The van der Waals surface area contributed by atoms with Gasteiger partial charge in [0.1, 0.15) is 5.82 Å². The van der Waals surface area contributed by atoms with Gasteiger partial charge in [-0.1, -0.05) is 17.7 Å². The van der Waals surface area contributed by atoms with E-state index >= 15 is 0 Å². The first-order valence-corrected chi connectivity index (χ1v) is 10.6. The number of hydrogen-bond donors (Lipinski definition) is 1. The Hall–Kier alpha value is -2.12. The molecule has 0 radical (unpaired) electrons. The molecule has 2 aromatic rings. The lowest BCUT2D eigenvalue weighted by Crippen LogP contribution is -2.36. The molecule has 0 saturated carbocycles. The van der Waals surface area contributed by atoms with E-state index in [2.05, 4.69) is 10.3 Å². The first-order chi connectivity index (χ1) is 12.4. The minimum Gasteiger partial charge on any atom is -0.353 e. The third kappa shape index (κ3) is 4.34. The van der Waals surface area contributed by atoms with Crippen LogP contribution < -0.4 is 10.2 Å². The first kappa shape index (κ1) is 18.7. The van der Waals surface area contributed by atoms with Crippen molar-refractivity contribution >= 4 is 38.9 Å². The van der Waals surface area contributed by atoms with Gasteiger partial charge in [-0.15, -0.1) is 0 Å². The summed E-state index contributed by atoms with van der Waals surface area (Å²) >= 11 is 5.92. The van der Waals surface area contributed by atoms with Crippen LogP contribution in [0.5, 0.6) is 0 Å². The molecule has 138 valence electrons. The molecule has 2 heterocycles. The Morgan fingerprint density at radius 3 is 2.73 bits per heavy atom. The van der Waals surface area contributed by atoms with Gasteiger partial charge in [-0.3, -0.25) is 4.79 Å². The second kappa shape index (κ2) is 7.63. The molecule has 6 nitrogen and oxygen atoms in total. The van der Waals surface area contributed by atoms with Crippen LogP contribution in [-0.4, -0.2) is 43.4 Å². The van der Waals surface area contributed by atoms with Crippen molar-refractivity contribution in [1.82, 2.24) is 4.98 Å². The molecule has 0 spiro atoms. The molecule has 0 bridgehead atoms. The van der Waals surface area contributed by atoms with E-state index < -0.39 is 9.84 Å². The molecule has 1 aromatic carbocycles. The Labute approximate surface area is 158 Å². The second-order valence-electron chi connectivity index (χ2n) is 6.21. The minimum atomic E-state index is -2.96. The Balaban J connectivity index is 1.72. The highest BCUT2D eigenvalue weighted by molar-refractivity contribution is 7.91. The highest BCUT2D eigenvalue weighted by atomic mass is 35.5. The average molecular weight is 394 g/mol. The van der Waals surface area contributed by atoms with Crippen LogP contribution in [-0.2, 0) is 9.84 Å². The van der Waals surface area contributed by atoms with Gasteiger partial charge in [0.05, 0.1) is 17.1 Å². The monoisotopic (exact) mass is 393 g/mol.